The Morgan fingerprint density at radius 1 is 0.839 bits per heavy atom. The summed E-state index contributed by atoms with van der Waals surface area (Å²) in [6.07, 6.45) is 4.09. The smallest absolute Gasteiger partial charge is 0.273 e. The Morgan fingerprint density at radius 2 is 1.58 bits per heavy atom. The summed E-state index contributed by atoms with van der Waals surface area (Å²) in [5.74, 6) is 0.379. The third-order valence-corrected chi connectivity index (χ3v) is 4.45. The van der Waals surface area contributed by atoms with Gasteiger partial charge in [0.1, 0.15) is 11.5 Å². The first-order valence-electron chi connectivity index (χ1n) is 10.4. The highest BCUT2D eigenvalue weighted by Crippen LogP contribution is 2.17. The van der Waals surface area contributed by atoms with Gasteiger partial charge in [-0.2, -0.15) is 0 Å². The van der Waals surface area contributed by atoms with Crippen LogP contribution in [0, 0.1) is 0 Å². The summed E-state index contributed by atoms with van der Waals surface area (Å²) in [7, 11) is 0. The summed E-state index contributed by atoms with van der Waals surface area (Å²) in [6.45, 7) is 5.28. The van der Waals surface area contributed by atoms with Crippen LogP contribution in [0.15, 0.2) is 48.5 Å². The fraction of sp³-hybridized carbons (Fsp3) is 0.348. The van der Waals surface area contributed by atoms with Crippen LogP contribution in [0.3, 0.4) is 0 Å². The molecule has 0 aromatic heterocycles. The third-order valence-electron chi connectivity index (χ3n) is 4.24. The zero-order valence-electron chi connectivity index (χ0n) is 17.9. The lowest BCUT2D eigenvalue weighted by molar-refractivity contribution is 0.0931. The average molecular weight is 444 g/mol. The number of benzene rings is 2. The van der Waals surface area contributed by atoms with Crippen molar-refractivity contribution in [3.63, 3.8) is 0 Å². The normalized spacial score (nSPS) is 10.1. The lowest BCUT2D eigenvalue weighted by Crippen LogP contribution is -2.48. The van der Waals surface area contributed by atoms with Crippen molar-refractivity contribution in [2.24, 2.45) is 0 Å². The minimum atomic E-state index is -0.423. The van der Waals surface area contributed by atoms with Crippen molar-refractivity contribution in [2.75, 3.05) is 13.2 Å². The topological polar surface area (TPSA) is 88.7 Å². The van der Waals surface area contributed by atoms with Crippen molar-refractivity contribution >= 4 is 29.1 Å². The molecule has 0 aliphatic rings. The first-order valence-corrected chi connectivity index (χ1v) is 10.8. The van der Waals surface area contributed by atoms with E-state index in [1.165, 1.54) is 0 Å². The molecule has 2 aromatic carbocycles. The molecule has 0 aliphatic heterocycles. The standard InChI is InChI=1S/C23H29N3O4S/c1-3-5-8-16-29-18-13-11-17(12-14-18)21(27)24-23(31)26-25-22(28)19-9-6-7-10-20(19)30-15-4-2/h6-7,9-14H,3-5,8,15-16H2,1-2H3,(H,25,28)(H2,24,26,27,31). The maximum Gasteiger partial charge on any atom is 0.273 e. The van der Waals surface area contributed by atoms with Gasteiger partial charge in [0, 0.05) is 5.56 Å². The number of carbonyl (C=O) groups excluding carboxylic acids is 2. The Hall–Kier alpha value is -3.13. The van der Waals surface area contributed by atoms with Crippen molar-refractivity contribution in [1.82, 2.24) is 16.2 Å². The molecule has 0 aliphatic carbocycles. The average Bonchev–Trinajstić information content (AvgIpc) is 2.79. The number of hydrogen-bond acceptors (Lipinski definition) is 5. The van der Waals surface area contributed by atoms with Gasteiger partial charge in [-0.3, -0.25) is 25.8 Å². The van der Waals surface area contributed by atoms with Crippen LogP contribution < -0.4 is 25.6 Å². The molecule has 0 fully saturated rings. The number of nitrogens with one attached hydrogen (secondary N) is 3. The van der Waals surface area contributed by atoms with Crippen molar-refractivity contribution in [2.45, 2.75) is 39.5 Å². The van der Waals surface area contributed by atoms with Crippen LogP contribution in [0.4, 0.5) is 0 Å². The van der Waals surface area contributed by atoms with Crippen LogP contribution in [0.1, 0.15) is 60.2 Å². The Bertz CT molecular complexity index is 871. The lowest BCUT2D eigenvalue weighted by Gasteiger charge is -2.13. The van der Waals surface area contributed by atoms with Crippen LogP contribution in [-0.2, 0) is 0 Å². The Balaban J connectivity index is 1.82. The highest BCUT2D eigenvalue weighted by Gasteiger charge is 2.13. The quantitative estimate of drug-likeness (QED) is 0.292. The SMILES string of the molecule is CCCCCOc1ccc(C(=O)NC(=S)NNC(=O)c2ccccc2OCCC)cc1. The fourth-order valence-electron chi connectivity index (χ4n) is 2.62. The summed E-state index contributed by atoms with van der Waals surface area (Å²) < 4.78 is 11.2. The van der Waals surface area contributed by atoms with E-state index in [1.54, 1.807) is 48.5 Å². The van der Waals surface area contributed by atoms with E-state index in [1.807, 2.05) is 6.92 Å². The molecule has 0 spiro atoms. The second-order valence-electron chi connectivity index (χ2n) is 6.79. The van der Waals surface area contributed by atoms with Crippen molar-refractivity contribution in [1.29, 1.82) is 0 Å². The molecule has 166 valence electrons. The van der Waals surface area contributed by atoms with Crippen molar-refractivity contribution in [3.8, 4) is 11.5 Å². The maximum absolute atomic E-state index is 12.4. The highest BCUT2D eigenvalue weighted by molar-refractivity contribution is 7.80. The molecule has 2 aromatic rings. The summed E-state index contributed by atoms with van der Waals surface area (Å²) in [6, 6.07) is 13.7. The van der Waals surface area contributed by atoms with Gasteiger partial charge in [-0.1, -0.05) is 38.8 Å². The third kappa shape index (κ3) is 8.25. The summed E-state index contributed by atoms with van der Waals surface area (Å²) in [5, 5.41) is 2.50. The van der Waals surface area contributed by atoms with Gasteiger partial charge in [-0.15, -0.1) is 0 Å². The largest absolute Gasteiger partial charge is 0.494 e. The number of amides is 2. The van der Waals surface area contributed by atoms with Crippen molar-refractivity contribution < 1.29 is 19.1 Å². The number of thiocarbonyl (C=S) groups is 1. The first kappa shape index (κ1) is 24.1. The molecule has 8 heteroatoms. The van der Waals surface area contributed by atoms with E-state index < -0.39 is 11.8 Å². The predicted molar refractivity (Wildman–Crippen MR) is 124 cm³/mol. The van der Waals surface area contributed by atoms with E-state index in [0.29, 0.717) is 35.8 Å². The predicted octanol–water partition coefficient (Wildman–Crippen LogP) is 3.99. The van der Waals surface area contributed by atoms with Gasteiger partial charge in [0.2, 0.25) is 0 Å². The monoisotopic (exact) mass is 443 g/mol. The molecule has 0 bridgehead atoms. The number of para-hydroxylation sites is 1. The van der Waals surface area contributed by atoms with Gasteiger partial charge in [-0.05, 0) is 61.5 Å². The van der Waals surface area contributed by atoms with Gasteiger partial charge >= 0.3 is 0 Å². The number of hydrogen-bond donors (Lipinski definition) is 3. The van der Waals surface area contributed by atoms with Crippen LogP contribution >= 0.6 is 12.2 Å². The van der Waals surface area contributed by atoms with Crippen LogP contribution in [0.25, 0.3) is 0 Å². The highest BCUT2D eigenvalue weighted by atomic mass is 32.1. The number of carbonyl (C=O) groups is 2. The molecule has 2 amide bonds. The molecule has 0 atom stereocenters. The van der Waals surface area contributed by atoms with E-state index in [9.17, 15) is 9.59 Å². The Kier molecular flexibility index (Phi) is 10.3. The molecule has 0 saturated carbocycles. The second-order valence-corrected chi connectivity index (χ2v) is 7.20. The Labute approximate surface area is 188 Å². The number of ether oxygens (including phenoxy) is 2. The summed E-state index contributed by atoms with van der Waals surface area (Å²) >= 11 is 5.10. The number of hydrazine groups is 1. The molecule has 31 heavy (non-hydrogen) atoms. The van der Waals surface area contributed by atoms with Gasteiger partial charge < -0.3 is 9.47 Å². The maximum atomic E-state index is 12.4. The minimum absolute atomic E-state index is 0.0230. The molecular formula is C23H29N3O4S. The van der Waals surface area contributed by atoms with E-state index in [4.69, 9.17) is 21.7 Å². The summed E-state index contributed by atoms with van der Waals surface area (Å²) in [5.41, 5.74) is 5.80. The van der Waals surface area contributed by atoms with Crippen LogP contribution in [-0.4, -0.2) is 30.1 Å². The molecule has 0 heterocycles. The van der Waals surface area contributed by atoms with Gasteiger partial charge in [0.05, 0.1) is 18.8 Å². The molecule has 3 N–H and O–H groups in total. The second kappa shape index (κ2) is 13.2. The van der Waals surface area contributed by atoms with Gasteiger partial charge in [-0.25, -0.2) is 0 Å². The zero-order chi connectivity index (χ0) is 22.5. The molecule has 0 radical (unpaired) electrons. The van der Waals surface area contributed by atoms with Crippen LogP contribution in [0.5, 0.6) is 11.5 Å². The molecule has 7 nitrogen and oxygen atoms in total. The zero-order valence-corrected chi connectivity index (χ0v) is 18.7. The molecule has 0 saturated heterocycles. The number of rotatable bonds is 10. The molecule has 2 rings (SSSR count). The van der Waals surface area contributed by atoms with Crippen LogP contribution in [0.2, 0.25) is 0 Å². The van der Waals surface area contributed by atoms with E-state index in [0.717, 1.165) is 25.7 Å². The van der Waals surface area contributed by atoms with Gasteiger partial charge in [0.15, 0.2) is 5.11 Å². The van der Waals surface area contributed by atoms with E-state index in [-0.39, 0.29) is 5.11 Å². The van der Waals surface area contributed by atoms with E-state index in [2.05, 4.69) is 23.1 Å². The van der Waals surface area contributed by atoms with E-state index >= 15 is 0 Å². The number of unbranched alkanes of at least 4 members (excludes halogenated alkanes) is 2. The van der Waals surface area contributed by atoms with Gasteiger partial charge in [0.25, 0.3) is 11.8 Å². The minimum Gasteiger partial charge on any atom is -0.494 e. The van der Waals surface area contributed by atoms with Crippen molar-refractivity contribution in [3.05, 3.63) is 59.7 Å². The first-order chi connectivity index (χ1) is 15.0. The molecular weight excluding hydrogens is 414 g/mol. The Morgan fingerprint density at radius 3 is 2.29 bits per heavy atom. The summed E-state index contributed by atoms with van der Waals surface area (Å²) in [4.78, 5) is 24.8. The fourth-order valence-corrected chi connectivity index (χ4v) is 2.77. The molecule has 0 unspecified atom stereocenters. The lowest BCUT2D eigenvalue weighted by atomic mass is 10.2.